The molecule has 0 aliphatic heterocycles. The van der Waals surface area contributed by atoms with Crippen LogP contribution in [-0.2, 0) is 0 Å². The van der Waals surface area contributed by atoms with Gasteiger partial charge in [0.2, 0.25) is 8.32 Å². The summed E-state index contributed by atoms with van der Waals surface area (Å²) >= 11 is 12.0. The predicted octanol–water partition coefficient (Wildman–Crippen LogP) is 3.91. The van der Waals surface area contributed by atoms with Gasteiger partial charge in [0.25, 0.3) is 0 Å². The lowest BCUT2D eigenvalue weighted by molar-refractivity contribution is 0.0693. The van der Waals surface area contributed by atoms with E-state index in [0.717, 1.165) is 0 Å². The SMILES string of the molecule is COc1c(Cl)cc(O[Si](C)(C)C)c(Cl)c1C(=O)O. The second-order valence-electron chi connectivity index (χ2n) is 4.60. The van der Waals surface area contributed by atoms with Gasteiger partial charge in [-0.15, -0.1) is 0 Å². The monoisotopic (exact) mass is 308 g/mol. The van der Waals surface area contributed by atoms with Gasteiger partial charge in [0, 0.05) is 6.07 Å². The van der Waals surface area contributed by atoms with Gasteiger partial charge in [0.05, 0.1) is 17.2 Å². The Morgan fingerprint density at radius 3 is 2.28 bits per heavy atom. The number of carboxylic acids is 1. The third-order valence-corrected chi connectivity index (χ3v) is 3.46. The van der Waals surface area contributed by atoms with Crippen LogP contribution in [0.4, 0.5) is 0 Å². The number of aromatic carboxylic acids is 1. The van der Waals surface area contributed by atoms with Crippen molar-refractivity contribution in [1.29, 1.82) is 0 Å². The number of halogens is 2. The van der Waals surface area contributed by atoms with Gasteiger partial charge in [-0.05, 0) is 19.6 Å². The summed E-state index contributed by atoms with van der Waals surface area (Å²) in [7, 11) is -0.578. The molecule has 0 bridgehead atoms. The zero-order chi connectivity index (χ0) is 14.1. The van der Waals surface area contributed by atoms with Crippen molar-refractivity contribution in [3.8, 4) is 11.5 Å². The minimum Gasteiger partial charge on any atom is -0.543 e. The Kier molecular flexibility index (Phi) is 4.53. The summed E-state index contributed by atoms with van der Waals surface area (Å²) in [5, 5.41) is 9.32. The van der Waals surface area contributed by atoms with Crippen molar-refractivity contribution < 1.29 is 19.1 Å². The molecular weight excluding hydrogens is 295 g/mol. The summed E-state index contributed by atoms with van der Waals surface area (Å²) in [6.07, 6.45) is 0. The van der Waals surface area contributed by atoms with Crippen molar-refractivity contribution in [2.24, 2.45) is 0 Å². The predicted molar refractivity (Wildman–Crippen MR) is 73.9 cm³/mol. The summed E-state index contributed by atoms with van der Waals surface area (Å²) in [4.78, 5) is 11.2. The van der Waals surface area contributed by atoms with Crippen molar-refractivity contribution in [2.45, 2.75) is 19.6 Å². The van der Waals surface area contributed by atoms with E-state index in [1.54, 1.807) is 0 Å². The number of rotatable bonds is 4. The highest BCUT2D eigenvalue weighted by molar-refractivity contribution is 6.70. The number of carbonyl (C=O) groups is 1. The first-order valence-corrected chi connectivity index (χ1v) is 9.32. The first-order valence-electron chi connectivity index (χ1n) is 5.15. The molecule has 4 nitrogen and oxygen atoms in total. The van der Waals surface area contributed by atoms with Crippen molar-refractivity contribution in [2.75, 3.05) is 7.11 Å². The van der Waals surface area contributed by atoms with Gasteiger partial charge in [-0.1, -0.05) is 23.2 Å². The number of ether oxygens (including phenoxy) is 1. The van der Waals surface area contributed by atoms with Crippen LogP contribution in [0.15, 0.2) is 6.07 Å². The molecule has 0 heterocycles. The summed E-state index contributed by atoms with van der Waals surface area (Å²) in [6, 6.07) is 1.48. The standard InChI is InChI=1S/C11H14Cl2O4Si/c1-16-10-6(12)5-7(17-18(2,3)4)9(13)8(10)11(14)15/h5H,1-4H3,(H,14,15). The molecule has 0 radical (unpaired) electrons. The van der Waals surface area contributed by atoms with Crippen LogP contribution in [0.5, 0.6) is 11.5 Å². The van der Waals surface area contributed by atoms with E-state index in [4.69, 9.17) is 37.5 Å². The fourth-order valence-electron chi connectivity index (χ4n) is 1.38. The number of methoxy groups -OCH3 is 1. The Morgan fingerprint density at radius 1 is 1.33 bits per heavy atom. The van der Waals surface area contributed by atoms with E-state index >= 15 is 0 Å². The van der Waals surface area contributed by atoms with Crippen LogP contribution in [0, 0.1) is 0 Å². The second kappa shape index (κ2) is 5.38. The van der Waals surface area contributed by atoms with Crippen molar-refractivity contribution in [3.63, 3.8) is 0 Å². The highest BCUT2D eigenvalue weighted by atomic mass is 35.5. The molecule has 1 N–H and O–H groups in total. The molecule has 0 aliphatic rings. The Morgan fingerprint density at radius 2 is 1.89 bits per heavy atom. The van der Waals surface area contributed by atoms with E-state index in [-0.39, 0.29) is 27.1 Å². The third kappa shape index (κ3) is 3.31. The highest BCUT2D eigenvalue weighted by Crippen LogP contribution is 2.41. The van der Waals surface area contributed by atoms with Crippen LogP contribution in [-0.4, -0.2) is 26.5 Å². The minimum absolute atomic E-state index is 0.00572. The number of hydrogen-bond acceptors (Lipinski definition) is 3. The molecule has 0 unspecified atom stereocenters. The zero-order valence-corrected chi connectivity index (χ0v) is 13.0. The average Bonchev–Trinajstić information content (AvgIpc) is 2.19. The average molecular weight is 309 g/mol. The molecule has 0 aromatic heterocycles. The van der Waals surface area contributed by atoms with E-state index in [1.807, 2.05) is 19.6 Å². The number of carboxylic acid groups (broad SMARTS) is 1. The molecule has 7 heteroatoms. The van der Waals surface area contributed by atoms with E-state index < -0.39 is 14.3 Å². The Balaban J connectivity index is 3.45. The van der Waals surface area contributed by atoms with Crippen LogP contribution < -0.4 is 9.16 Å². The van der Waals surface area contributed by atoms with Crippen molar-refractivity contribution >= 4 is 37.5 Å². The van der Waals surface area contributed by atoms with Crippen LogP contribution in [0.1, 0.15) is 10.4 Å². The largest absolute Gasteiger partial charge is 0.543 e. The first-order chi connectivity index (χ1) is 8.17. The molecule has 1 rings (SSSR count). The zero-order valence-electron chi connectivity index (χ0n) is 10.5. The minimum atomic E-state index is -1.91. The van der Waals surface area contributed by atoms with Crippen molar-refractivity contribution in [3.05, 3.63) is 21.7 Å². The van der Waals surface area contributed by atoms with Crippen LogP contribution in [0.2, 0.25) is 29.7 Å². The van der Waals surface area contributed by atoms with E-state index in [0.29, 0.717) is 0 Å². The lowest BCUT2D eigenvalue weighted by atomic mass is 10.2. The molecule has 0 amide bonds. The van der Waals surface area contributed by atoms with Crippen LogP contribution in [0.25, 0.3) is 0 Å². The maximum atomic E-state index is 11.2. The van der Waals surface area contributed by atoms with Gasteiger partial charge in [-0.3, -0.25) is 0 Å². The lowest BCUT2D eigenvalue weighted by Gasteiger charge is -2.22. The third-order valence-electron chi connectivity index (χ3n) is 1.97. The molecule has 18 heavy (non-hydrogen) atoms. The van der Waals surface area contributed by atoms with Gasteiger partial charge in [0.1, 0.15) is 11.3 Å². The maximum Gasteiger partial charge on any atom is 0.341 e. The van der Waals surface area contributed by atoms with Gasteiger partial charge in [-0.25, -0.2) is 4.79 Å². The maximum absolute atomic E-state index is 11.2. The van der Waals surface area contributed by atoms with E-state index in [2.05, 4.69) is 0 Å². The van der Waals surface area contributed by atoms with Gasteiger partial charge >= 0.3 is 5.97 Å². The quantitative estimate of drug-likeness (QED) is 0.857. The van der Waals surface area contributed by atoms with Gasteiger partial charge in [-0.2, -0.15) is 0 Å². The van der Waals surface area contributed by atoms with Crippen molar-refractivity contribution in [1.82, 2.24) is 0 Å². The molecule has 0 saturated carbocycles. The fraction of sp³-hybridized carbons (Fsp3) is 0.364. The topological polar surface area (TPSA) is 55.8 Å². The smallest absolute Gasteiger partial charge is 0.341 e. The molecule has 100 valence electrons. The normalized spacial score (nSPS) is 11.2. The molecule has 0 aliphatic carbocycles. The summed E-state index contributed by atoms with van der Waals surface area (Å²) in [5.74, 6) is -0.893. The van der Waals surface area contributed by atoms with Gasteiger partial charge in [0.15, 0.2) is 5.75 Å². The molecule has 1 aromatic rings. The summed E-state index contributed by atoms with van der Waals surface area (Å²) < 4.78 is 10.7. The molecule has 0 spiro atoms. The van der Waals surface area contributed by atoms with E-state index in [1.165, 1.54) is 13.2 Å². The lowest BCUT2D eigenvalue weighted by Crippen LogP contribution is -2.29. The highest BCUT2D eigenvalue weighted by Gasteiger charge is 2.26. The summed E-state index contributed by atoms with van der Waals surface area (Å²) in [5.41, 5.74) is -0.181. The Labute approximate surface area is 117 Å². The second-order valence-corrected chi connectivity index (χ2v) is 9.81. The van der Waals surface area contributed by atoms with Crippen LogP contribution >= 0.6 is 23.2 Å². The Bertz CT molecular complexity index is 483. The molecule has 0 atom stereocenters. The number of benzene rings is 1. The summed E-state index contributed by atoms with van der Waals surface area (Å²) in [6.45, 7) is 5.88. The molecular formula is C11H14Cl2O4Si. The molecule has 0 saturated heterocycles. The van der Waals surface area contributed by atoms with Gasteiger partial charge < -0.3 is 14.3 Å². The van der Waals surface area contributed by atoms with Crippen LogP contribution in [0.3, 0.4) is 0 Å². The fourth-order valence-corrected chi connectivity index (χ4v) is 2.80. The Hall–Kier alpha value is -0.913. The first kappa shape index (κ1) is 15.1. The number of hydrogen-bond donors (Lipinski definition) is 1. The molecule has 0 fully saturated rings. The molecule has 1 aromatic carbocycles. The van der Waals surface area contributed by atoms with E-state index in [9.17, 15) is 4.79 Å².